The van der Waals surface area contributed by atoms with Gasteiger partial charge in [-0.15, -0.1) is 0 Å². The molecule has 2 N–H and O–H groups in total. The lowest BCUT2D eigenvalue weighted by molar-refractivity contribution is 0.298. The summed E-state index contributed by atoms with van der Waals surface area (Å²) >= 11 is 0. The molecule has 21 heavy (non-hydrogen) atoms. The van der Waals surface area contributed by atoms with Crippen molar-refractivity contribution < 1.29 is 0 Å². The monoisotopic (exact) mass is 283 g/mol. The first-order chi connectivity index (χ1) is 10.4. The minimum Gasteiger partial charge on any atom is -0.307 e. The Hall–Kier alpha value is -1.72. The largest absolute Gasteiger partial charge is 0.307 e. The van der Waals surface area contributed by atoms with Crippen LogP contribution in [0.4, 0.5) is 0 Å². The molecule has 2 saturated heterocycles. The Morgan fingerprint density at radius 2 is 2.05 bits per heavy atom. The highest BCUT2D eigenvalue weighted by Crippen LogP contribution is 2.28. The molecule has 0 bridgehead atoms. The van der Waals surface area contributed by atoms with Gasteiger partial charge in [-0.1, -0.05) is 30.3 Å². The maximum Gasteiger partial charge on any atom is 0.117 e. The van der Waals surface area contributed by atoms with Gasteiger partial charge in [0.1, 0.15) is 11.4 Å². The first kappa shape index (κ1) is 13.0. The van der Waals surface area contributed by atoms with E-state index in [1.165, 1.54) is 32.4 Å². The zero-order valence-corrected chi connectivity index (χ0v) is 12.1. The van der Waals surface area contributed by atoms with Crippen molar-refractivity contribution in [3.63, 3.8) is 0 Å². The first-order valence-electron chi connectivity index (χ1n) is 7.84. The molecule has 3 heterocycles. The summed E-state index contributed by atoms with van der Waals surface area (Å²) in [6.07, 6.45) is 3.94. The Kier molecular flexibility index (Phi) is 3.45. The van der Waals surface area contributed by atoms with E-state index in [0.29, 0.717) is 6.04 Å². The molecule has 5 heteroatoms. The lowest BCUT2D eigenvalue weighted by Crippen LogP contribution is -2.38. The zero-order chi connectivity index (χ0) is 14.1. The zero-order valence-electron chi connectivity index (χ0n) is 12.1. The van der Waals surface area contributed by atoms with E-state index in [1.807, 2.05) is 18.2 Å². The van der Waals surface area contributed by atoms with E-state index < -0.39 is 0 Å². The molecule has 2 fully saturated rings. The number of nitrogens with zero attached hydrogens (tertiary/aromatic N) is 3. The van der Waals surface area contributed by atoms with E-state index in [0.717, 1.165) is 29.5 Å². The standard InChI is InChI=1S/C16H21N5/c1-2-5-12(6-3-1)16-14(18-20-19-16)11-17-13-8-10-21-9-4-7-15(13)21/h1-3,5-6,13,15,17H,4,7-11H2,(H,18,19,20). The number of rotatable bonds is 4. The summed E-state index contributed by atoms with van der Waals surface area (Å²) in [4.78, 5) is 2.62. The van der Waals surface area contributed by atoms with Crippen LogP contribution >= 0.6 is 0 Å². The van der Waals surface area contributed by atoms with Gasteiger partial charge in [0, 0.05) is 30.7 Å². The summed E-state index contributed by atoms with van der Waals surface area (Å²) in [6, 6.07) is 11.6. The van der Waals surface area contributed by atoms with Crippen LogP contribution in [0.15, 0.2) is 30.3 Å². The minimum absolute atomic E-state index is 0.604. The van der Waals surface area contributed by atoms with Gasteiger partial charge in [0.2, 0.25) is 0 Å². The van der Waals surface area contributed by atoms with Crippen LogP contribution in [0.25, 0.3) is 11.3 Å². The maximum atomic E-state index is 4.33. The van der Waals surface area contributed by atoms with Gasteiger partial charge in [0.25, 0.3) is 0 Å². The lowest BCUT2D eigenvalue weighted by Gasteiger charge is -2.21. The summed E-state index contributed by atoms with van der Waals surface area (Å²) in [5, 5.41) is 15.1. The van der Waals surface area contributed by atoms with Crippen molar-refractivity contribution in [2.45, 2.75) is 37.9 Å². The molecular formula is C16H21N5. The molecule has 5 nitrogen and oxygen atoms in total. The molecule has 0 amide bonds. The second kappa shape index (κ2) is 5.58. The van der Waals surface area contributed by atoms with Gasteiger partial charge in [-0.05, 0) is 25.8 Å². The molecular weight excluding hydrogens is 262 g/mol. The van der Waals surface area contributed by atoms with Crippen molar-refractivity contribution in [1.82, 2.24) is 25.6 Å². The quantitative estimate of drug-likeness (QED) is 0.898. The van der Waals surface area contributed by atoms with E-state index in [4.69, 9.17) is 0 Å². The highest BCUT2D eigenvalue weighted by molar-refractivity contribution is 5.60. The summed E-state index contributed by atoms with van der Waals surface area (Å²) in [6.45, 7) is 3.31. The summed E-state index contributed by atoms with van der Waals surface area (Å²) in [5.41, 5.74) is 3.10. The summed E-state index contributed by atoms with van der Waals surface area (Å²) in [7, 11) is 0. The molecule has 0 spiro atoms. The van der Waals surface area contributed by atoms with Gasteiger partial charge in [-0.3, -0.25) is 4.90 Å². The van der Waals surface area contributed by atoms with E-state index in [2.05, 4.69) is 37.8 Å². The molecule has 2 aromatic rings. The Morgan fingerprint density at radius 3 is 2.95 bits per heavy atom. The molecule has 0 aliphatic carbocycles. The van der Waals surface area contributed by atoms with Crippen molar-refractivity contribution in [2.24, 2.45) is 0 Å². The smallest absolute Gasteiger partial charge is 0.117 e. The second-order valence-corrected chi connectivity index (χ2v) is 6.01. The van der Waals surface area contributed by atoms with Crippen LogP contribution in [0.5, 0.6) is 0 Å². The van der Waals surface area contributed by atoms with Gasteiger partial charge in [-0.25, -0.2) is 0 Å². The van der Waals surface area contributed by atoms with Crippen LogP contribution < -0.4 is 5.32 Å². The van der Waals surface area contributed by atoms with Gasteiger partial charge in [-0.2, -0.15) is 15.4 Å². The molecule has 1 aromatic heterocycles. The second-order valence-electron chi connectivity index (χ2n) is 6.01. The van der Waals surface area contributed by atoms with Crippen LogP contribution in [-0.2, 0) is 6.54 Å². The number of hydrogen-bond donors (Lipinski definition) is 2. The van der Waals surface area contributed by atoms with Crippen LogP contribution in [0.2, 0.25) is 0 Å². The van der Waals surface area contributed by atoms with Crippen molar-refractivity contribution in [3.05, 3.63) is 36.0 Å². The number of fused-ring (bicyclic) bond motifs is 1. The van der Waals surface area contributed by atoms with Crippen LogP contribution in [0.3, 0.4) is 0 Å². The van der Waals surface area contributed by atoms with Crippen molar-refractivity contribution in [3.8, 4) is 11.3 Å². The number of nitrogens with one attached hydrogen (secondary N) is 2. The topological polar surface area (TPSA) is 56.8 Å². The molecule has 1 aromatic carbocycles. The van der Waals surface area contributed by atoms with Crippen LogP contribution in [-0.4, -0.2) is 45.5 Å². The van der Waals surface area contributed by atoms with Gasteiger partial charge < -0.3 is 5.32 Å². The number of hydrogen-bond acceptors (Lipinski definition) is 4. The molecule has 2 atom stereocenters. The first-order valence-corrected chi connectivity index (χ1v) is 7.84. The molecule has 2 aliphatic heterocycles. The van der Waals surface area contributed by atoms with Crippen molar-refractivity contribution in [2.75, 3.05) is 13.1 Å². The van der Waals surface area contributed by atoms with E-state index in [-0.39, 0.29) is 0 Å². The van der Waals surface area contributed by atoms with Crippen molar-refractivity contribution >= 4 is 0 Å². The van der Waals surface area contributed by atoms with Crippen LogP contribution in [0.1, 0.15) is 25.0 Å². The third kappa shape index (κ3) is 2.47. The maximum absolute atomic E-state index is 4.33. The third-order valence-corrected chi connectivity index (χ3v) is 4.81. The fourth-order valence-corrected chi connectivity index (χ4v) is 3.75. The number of aromatic nitrogens is 3. The van der Waals surface area contributed by atoms with Gasteiger partial charge >= 0.3 is 0 Å². The third-order valence-electron chi connectivity index (χ3n) is 4.81. The molecule has 0 radical (unpaired) electrons. The highest BCUT2D eigenvalue weighted by atomic mass is 15.3. The SMILES string of the molecule is c1ccc(-c2n[nH]nc2CNC2CCN3CCCC23)cc1. The average molecular weight is 283 g/mol. The Morgan fingerprint density at radius 1 is 1.14 bits per heavy atom. The molecule has 110 valence electrons. The van der Waals surface area contributed by atoms with Gasteiger partial charge in [0.05, 0.1) is 0 Å². The predicted molar refractivity (Wildman–Crippen MR) is 81.7 cm³/mol. The number of benzene rings is 1. The van der Waals surface area contributed by atoms with Crippen molar-refractivity contribution in [1.29, 1.82) is 0 Å². The summed E-state index contributed by atoms with van der Waals surface area (Å²) in [5.74, 6) is 0. The fourth-order valence-electron chi connectivity index (χ4n) is 3.75. The fraction of sp³-hybridized carbons (Fsp3) is 0.500. The predicted octanol–water partition coefficient (Wildman–Crippen LogP) is 1.80. The van der Waals surface area contributed by atoms with Gasteiger partial charge in [0.15, 0.2) is 0 Å². The van der Waals surface area contributed by atoms with E-state index in [9.17, 15) is 0 Å². The Bertz CT molecular complexity index is 594. The number of H-pyrrole nitrogens is 1. The number of aromatic amines is 1. The highest BCUT2D eigenvalue weighted by Gasteiger charge is 2.36. The Balaban J connectivity index is 1.45. The molecule has 4 rings (SSSR count). The van der Waals surface area contributed by atoms with Crippen LogP contribution in [0, 0.1) is 0 Å². The molecule has 0 saturated carbocycles. The van der Waals surface area contributed by atoms with E-state index >= 15 is 0 Å². The van der Waals surface area contributed by atoms with E-state index in [1.54, 1.807) is 0 Å². The lowest BCUT2D eigenvalue weighted by atomic mass is 10.1. The minimum atomic E-state index is 0.604. The Labute approximate surface area is 124 Å². The molecule has 2 aliphatic rings. The summed E-state index contributed by atoms with van der Waals surface area (Å²) < 4.78 is 0. The molecule has 2 unspecified atom stereocenters. The average Bonchev–Trinajstić information content (AvgIpc) is 3.23. The normalized spacial score (nSPS) is 25.3.